The number of hydrogen-bond donors (Lipinski definition) is 2. The third kappa shape index (κ3) is 4.37. The monoisotopic (exact) mass is 248 g/mol. The molecule has 16 heavy (non-hydrogen) atoms. The molecule has 2 aliphatic rings. The lowest BCUT2D eigenvalue weighted by molar-refractivity contribution is 0.0832. The van der Waals surface area contributed by atoms with Gasteiger partial charge in [-0.3, -0.25) is 0 Å². The van der Waals surface area contributed by atoms with Crippen molar-refractivity contribution in [1.29, 1.82) is 0 Å². The van der Waals surface area contributed by atoms with E-state index in [-0.39, 0.29) is 11.8 Å². The van der Waals surface area contributed by atoms with E-state index in [0.29, 0.717) is 25.8 Å². The van der Waals surface area contributed by atoms with E-state index in [1.807, 2.05) is 0 Å². The fourth-order valence-corrected chi connectivity index (χ4v) is 3.06. The summed E-state index contributed by atoms with van der Waals surface area (Å²) in [7, 11) is -3.12. The van der Waals surface area contributed by atoms with E-state index < -0.39 is 10.0 Å². The average molecular weight is 248 g/mol. The molecule has 0 radical (unpaired) electrons. The van der Waals surface area contributed by atoms with Gasteiger partial charge in [0, 0.05) is 31.8 Å². The number of hydrogen-bond acceptors (Lipinski definition) is 4. The largest absolute Gasteiger partial charge is 0.381 e. The van der Waals surface area contributed by atoms with E-state index in [2.05, 4.69) is 10.0 Å². The molecule has 1 saturated carbocycles. The molecule has 1 aliphatic heterocycles. The maximum atomic E-state index is 11.7. The van der Waals surface area contributed by atoms with Gasteiger partial charge in [-0.05, 0) is 25.7 Å². The van der Waals surface area contributed by atoms with Crippen molar-refractivity contribution < 1.29 is 13.2 Å². The summed E-state index contributed by atoms with van der Waals surface area (Å²) in [6, 6.07) is 0.637. The Balaban J connectivity index is 1.68. The second-order valence-electron chi connectivity index (χ2n) is 4.55. The van der Waals surface area contributed by atoms with Gasteiger partial charge >= 0.3 is 0 Å². The summed E-state index contributed by atoms with van der Waals surface area (Å²) in [4.78, 5) is 0. The van der Waals surface area contributed by atoms with E-state index in [4.69, 9.17) is 4.74 Å². The van der Waals surface area contributed by atoms with Crippen LogP contribution in [0.1, 0.15) is 25.7 Å². The number of nitrogens with one attached hydrogen (secondary N) is 2. The van der Waals surface area contributed by atoms with Crippen LogP contribution in [0.4, 0.5) is 0 Å². The summed E-state index contributed by atoms with van der Waals surface area (Å²) in [5, 5.41) is 3.21. The van der Waals surface area contributed by atoms with Crippen LogP contribution in [-0.2, 0) is 14.8 Å². The Kier molecular flexibility index (Phi) is 4.18. The fraction of sp³-hybridized carbons (Fsp3) is 1.00. The molecule has 0 aromatic rings. The first-order valence-electron chi connectivity index (χ1n) is 5.97. The van der Waals surface area contributed by atoms with E-state index in [1.54, 1.807) is 0 Å². The van der Waals surface area contributed by atoms with Gasteiger partial charge in [-0.25, -0.2) is 13.1 Å². The lowest BCUT2D eigenvalue weighted by atomic mass is 10.1. The molecule has 0 bridgehead atoms. The maximum Gasteiger partial charge on any atom is 0.213 e. The zero-order chi connectivity index (χ0) is 11.4. The first kappa shape index (κ1) is 12.3. The summed E-state index contributed by atoms with van der Waals surface area (Å²) in [5.74, 6) is 0.181. The quantitative estimate of drug-likeness (QED) is 0.685. The van der Waals surface area contributed by atoms with Crippen LogP contribution < -0.4 is 10.0 Å². The molecular formula is C10H20N2O3S. The van der Waals surface area contributed by atoms with Crippen molar-refractivity contribution in [3.05, 3.63) is 0 Å². The minimum Gasteiger partial charge on any atom is -0.381 e. The Labute approximate surface area is 97.0 Å². The predicted molar refractivity (Wildman–Crippen MR) is 61.8 cm³/mol. The minimum atomic E-state index is -3.12. The molecule has 2 fully saturated rings. The molecule has 1 saturated heterocycles. The standard InChI is InChI=1S/C10H20N2O3S/c13-16(14,8-5-11-9-1-2-9)12-10-3-6-15-7-4-10/h9-12H,1-8H2. The van der Waals surface area contributed by atoms with Crippen molar-refractivity contribution >= 4 is 10.0 Å². The summed E-state index contributed by atoms with van der Waals surface area (Å²) >= 11 is 0. The van der Waals surface area contributed by atoms with Crippen molar-refractivity contribution in [3.8, 4) is 0 Å². The van der Waals surface area contributed by atoms with Gasteiger partial charge in [-0.15, -0.1) is 0 Å². The van der Waals surface area contributed by atoms with Crippen molar-refractivity contribution in [3.63, 3.8) is 0 Å². The van der Waals surface area contributed by atoms with Gasteiger partial charge in [-0.1, -0.05) is 0 Å². The molecule has 0 unspecified atom stereocenters. The Morgan fingerprint density at radius 2 is 1.75 bits per heavy atom. The van der Waals surface area contributed by atoms with Gasteiger partial charge in [0.1, 0.15) is 0 Å². The molecule has 0 amide bonds. The van der Waals surface area contributed by atoms with E-state index in [0.717, 1.165) is 12.8 Å². The van der Waals surface area contributed by atoms with Crippen molar-refractivity contribution in [2.45, 2.75) is 37.8 Å². The molecule has 2 N–H and O–H groups in total. The third-order valence-electron chi connectivity index (χ3n) is 2.95. The zero-order valence-corrected chi connectivity index (χ0v) is 10.3. The highest BCUT2D eigenvalue weighted by atomic mass is 32.2. The van der Waals surface area contributed by atoms with Crippen molar-refractivity contribution in [2.24, 2.45) is 0 Å². The predicted octanol–water partition coefficient (Wildman–Crippen LogP) is -0.163. The molecule has 0 aromatic heterocycles. The Morgan fingerprint density at radius 3 is 2.38 bits per heavy atom. The van der Waals surface area contributed by atoms with Gasteiger partial charge in [0.05, 0.1) is 5.75 Å². The number of sulfonamides is 1. The molecular weight excluding hydrogens is 228 g/mol. The summed E-state index contributed by atoms with van der Waals surface area (Å²) in [6.45, 7) is 1.88. The topological polar surface area (TPSA) is 67.4 Å². The second-order valence-corrected chi connectivity index (χ2v) is 6.43. The van der Waals surface area contributed by atoms with Gasteiger partial charge in [0.25, 0.3) is 0 Å². The van der Waals surface area contributed by atoms with Crippen LogP contribution in [0.2, 0.25) is 0 Å². The van der Waals surface area contributed by atoms with Crippen molar-refractivity contribution in [2.75, 3.05) is 25.5 Å². The summed E-state index contributed by atoms with van der Waals surface area (Å²) in [5.41, 5.74) is 0. The smallest absolute Gasteiger partial charge is 0.213 e. The van der Waals surface area contributed by atoms with Crippen LogP contribution in [0.15, 0.2) is 0 Å². The Hall–Kier alpha value is -0.170. The van der Waals surface area contributed by atoms with Crippen LogP contribution in [0, 0.1) is 0 Å². The number of ether oxygens (including phenoxy) is 1. The lowest BCUT2D eigenvalue weighted by Gasteiger charge is -2.22. The highest BCUT2D eigenvalue weighted by molar-refractivity contribution is 7.89. The SMILES string of the molecule is O=S(=O)(CCNC1CC1)NC1CCOCC1. The van der Waals surface area contributed by atoms with Crippen molar-refractivity contribution in [1.82, 2.24) is 10.0 Å². The first-order chi connectivity index (χ1) is 7.66. The molecule has 1 aliphatic carbocycles. The van der Waals surface area contributed by atoms with Crippen LogP contribution in [0.5, 0.6) is 0 Å². The molecule has 5 nitrogen and oxygen atoms in total. The van der Waals surface area contributed by atoms with Gasteiger partial charge in [0.2, 0.25) is 10.0 Å². The molecule has 94 valence electrons. The van der Waals surface area contributed by atoms with Gasteiger partial charge in [-0.2, -0.15) is 0 Å². The zero-order valence-electron chi connectivity index (χ0n) is 9.44. The van der Waals surface area contributed by atoms with Crippen LogP contribution in [-0.4, -0.2) is 46.0 Å². The maximum absolute atomic E-state index is 11.7. The Morgan fingerprint density at radius 1 is 1.06 bits per heavy atom. The fourth-order valence-electron chi connectivity index (χ4n) is 1.81. The molecule has 0 spiro atoms. The van der Waals surface area contributed by atoms with E-state index in [9.17, 15) is 8.42 Å². The number of rotatable bonds is 6. The van der Waals surface area contributed by atoms with E-state index >= 15 is 0 Å². The molecule has 1 heterocycles. The molecule has 0 atom stereocenters. The highest BCUT2D eigenvalue weighted by Crippen LogP contribution is 2.18. The molecule has 2 rings (SSSR count). The lowest BCUT2D eigenvalue weighted by Crippen LogP contribution is -2.41. The van der Waals surface area contributed by atoms with Gasteiger partial charge in [0.15, 0.2) is 0 Å². The third-order valence-corrected chi connectivity index (χ3v) is 4.38. The van der Waals surface area contributed by atoms with Crippen LogP contribution >= 0.6 is 0 Å². The summed E-state index contributed by atoms with van der Waals surface area (Å²) < 4.78 is 31.3. The average Bonchev–Trinajstić information content (AvgIpc) is 3.02. The Bertz CT molecular complexity index is 308. The first-order valence-corrected chi connectivity index (χ1v) is 7.62. The minimum absolute atomic E-state index is 0.0691. The highest BCUT2D eigenvalue weighted by Gasteiger charge is 2.23. The second kappa shape index (κ2) is 5.44. The molecule has 6 heteroatoms. The molecule has 0 aromatic carbocycles. The van der Waals surface area contributed by atoms with Crippen LogP contribution in [0.25, 0.3) is 0 Å². The van der Waals surface area contributed by atoms with Gasteiger partial charge < -0.3 is 10.1 Å². The van der Waals surface area contributed by atoms with E-state index in [1.165, 1.54) is 12.8 Å². The summed E-state index contributed by atoms with van der Waals surface area (Å²) in [6.07, 6.45) is 3.95. The van der Waals surface area contributed by atoms with Crippen LogP contribution in [0.3, 0.4) is 0 Å². The normalized spacial score (nSPS) is 23.5.